The van der Waals surface area contributed by atoms with E-state index in [0.29, 0.717) is 11.0 Å². The summed E-state index contributed by atoms with van der Waals surface area (Å²) in [5, 5.41) is 20.9. The SMILES string of the molecule is CC(NCC(O)CO)c1ccc(F)cc1Br. The lowest BCUT2D eigenvalue weighted by Crippen LogP contribution is -2.31. The van der Waals surface area contributed by atoms with E-state index in [9.17, 15) is 9.50 Å². The third-order valence-electron chi connectivity index (χ3n) is 2.30. The Bertz CT molecular complexity index is 349. The van der Waals surface area contributed by atoms with E-state index in [2.05, 4.69) is 21.2 Å². The van der Waals surface area contributed by atoms with Crippen molar-refractivity contribution in [3.8, 4) is 0 Å². The molecule has 2 atom stereocenters. The summed E-state index contributed by atoms with van der Waals surface area (Å²) in [5.74, 6) is -0.293. The predicted molar refractivity (Wildman–Crippen MR) is 63.6 cm³/mol. The van der Waals surface area contributed by atoms with Crippen molar-refractivity contribution in [2.75, 3.05) is 13.2 Å². The summed E-state index contributed by atoms with van der Waals surface area (Å²) < 4.78 is 13.5. The van der Waals surface area contributed by atoms with Crippen LogP contribution in [0.15, 0.2) is 22.7 Å². The van der Waals surface area contributed by atoms with Crippen molar-refractivity contribution in [2.24, 2.45) is 0 Å². The molecule has 0 aliphatic rings. The van der Waals surface area contributed by atoms with Gasteiger partial charge in [-0.3, -0.25) is 0 Å². The highest BCUT2D eigenvalue weighted by Crippen LogP contribution is 2.23. The van der Waals surface area contributed by atoms with Crippen LogP contribution in [0.5, 0.6) is 0 Å². The second-order valence-corrected chi connectivity index (χ2v) is 4.49. The van der Waals surface area contributed by atoms with Gasteiger partial charge in [0.05, 0.1) is 12.7 Å². The van der Waals surface area contributed by atoms with E-state index in [1.54, 1.807) is 6.07 Å². The number of halogens is 2. The monoisotopic (exact) mass is 291 g/mol. The molecule has 1 aromatic carbocycles. The van der Waals surface area contributed by atoms with Crippen LogP contribution in [0.3, 0.4) is 0 Å². The van der Waals surface area contributed by atoms with Gasteiger partial charge in [0.25, 0.3) is 0 Å². The van der Waals surface area contributed by atoms with Crippen molar-refractivity contribution in [3.05, 3.63) is 34.1 Å². The van der Waals surface area contributed by atoms with E-state index in [1.165, 1.54) is 12.1 Å². The highest BCUT2D eigenvalue weighted by Gasteiger charge is 2.11. The van der Waals surface area contributed by atoms with Crippen molar-refractivity contribution in [2.45, 2.75) is 19.1 Å². The Morgan fingerprint density at radius 1 is 1.50 bits per heavy atom. The number of hydrogen-bond acceptors (Lipinski definition) is 3. The van der Waals surface area contributed by atoms with Gasteiger partial charge in [-0.2, -0.15) is 0 Å². The molecule has 1 rings (SSSR count). The number of rotatable bonds is 5. The maximum Gasteiger partial charge on any atom is 0.124 e. The van der Waals surface area contributed by atoms with E-state index in [0.717, 1.165) is 5.56 Å². The van der Waals surface area contributed by atoms with E-state index in [4.69, 9.17) is 5.11 Å². The van der Waals surface area contributed by atoms with Gasteiger partial charge in [0.15, 0.2) is 0 Å². The molecule has 5 heteroatoms. The molecule has 0 amide bonds. The molecule has 0 saturated carbocycles. The molecule has 0 aliphatic heterocycles. The quantitative estimate of drug-likeness (QED) is 0.772. The molecule has 0 radical (unpaired) electrons. The second kappa shape index (κ2) is 6.30. The largest absolute Gasteiger partial charge is 0.394 e. The van der Waals surface area contributed by atoms with Crippen LogP contribution in [0.2, 0.25) is 0 Å². The molecular formula is C11H15BrFNO2. The van der Waals surface area contributed by atoms with Gasteiger partial charge in [0.2, 0.25) is 0 Å². The maximum absolute atomic E-state index is 12.9. The Morgan fingerprint density at radius 2 is 2.19 bits per heavy atom. The van der Waals surface area contributed by atoms with Gasteiger partial charge in [0.1, 0.15) is 5.82 Å². The third-order valence-corrected chi connectivity index (χ3v) is 2.99. The molecule has 2 unspecified atom stereocenters. The molecule has 0 spiro atoms. The first-order valence-electron chi connectivity index (χ1n) is 5.02. The van der Waals surface area contributed by atoms with E-state index < -0.39 is 6.10 Å². The molecule has 0 saturated heterocycles. The summed E-state index contributed by atoms with van der Waals surface area (Å²) in [5.41, 5.74) is 0.909. The fourth-order valence-electron chi connectivity index (χ4n) is 1.34. The zero-order chi connectivity index (χ0) is 12.1. The van der Waals surface area contributed by atoms with Crippen LogP contribution in [0.4, 0.5) is 4.39 Å². The lowest BCUT2D eigenvalue weighted by Gasteiger charge is -2.17. The van der Waals surface area contributed by atoms with E-state index in [1.807, 2.05) is 6.92 Å². The van der Waals surface area contributed by atoms with Crippen molar-refractivity contribution in [3.63, 3.8) is 0 Å². The van der Waals surface area contributed by atoms with Gasteiger partial charge in [0, 0.05) is 17.1 Å². The lowest BCUT2D eigenvalue weighted by atomic mass is 10.1. The predicted octanol–water partition coefficient (Wildman–Crippen LogP) is 1.59. The Labute approximate surface area is 102 Å². The van der Waals surface area contributed by atoms with Crippen LogP contribution in [-0.4, -0.2) is 29.5 Å². The van der Waals surface area contributed by atoms with Crippen molar-refractivity contribution in [1.29, 1.82) is 0 Å². The van der Waals surface area contributed by atoms with Crippen LogP contribution < -0.4 is 5.32 Å². The molecule has 3 nitrogen and oxygen atoms in total. The molecule has 16 heavy (non-hydrogen) atoms. The van der Waals surface area contributed by atoms with Gasteiger partial charge < -0.3 is 15.5 Å². The lowest BCUT2D eigenvalue weighted by molar-refractivity contribution is 0.0923. The second-order valence-electron chi connectivity index (χ2n) is 3.63. The number of hydrogen-bond donors (Lipinski definition) is 3. The van der Waals surface area contributed by atoms with Crippen LogP contribution in [0, 0.1) is 5.82 Å². The Morgan fingerprint density at radius 3 is 2.75 bits per heavy atom. The molecule has 0 fully saturated rings. The van der Waals surface area contributed by atoms with Gasteiger partial charge in [-0.1, -0.05) is 22.0 Å². The standard InChI is InChI=1S/C11H15BrFNO2/c1-7(14-5-9(16)6-15)10-3-2-8(13)4-11(10)12/h2-4,7,9,14-16H,5-6H2,1H3. The minimum Gasteiger partial charge on any atom is -0.394 e. The summed E-state index contributed by atoms with van der Waals surface area (Å²) >= 11 is 3.28. The topological polar surface area (TPSA) is 52.5 Å². The molecule has 3 N–H and O–H groups in total. The maximum atomic E-state index is 12.9. The minimum absolute atomic E-state index is 0.0313. The first kappa shape index (κ1) is 13.6. The van der Waals surface area contributed by atoms with Crippen molar-refractivity contribution in [1.82, 2.24) is 5.32 Å². The Kier molecular flexibility index (Phi) is 5.34. The van der Waals surface area contributed by atoms with Crippen LogP contribution >= 0.6 is 15.9 Å². The Balaban J connectivity index is 2.62. The van der Waals surface area contributed by atoms with Crippen molar-refractivity contribution < 1.29 is 14.6 Å². The highest BCUT2D eigenvalue weighted by atomic mass is 79.9. The van der Waals surface area contributed by atoms with Gasteiger partial charge in [-0.05, 0) is 24.6 Å². The third kappa shape index (κ3) is 3.83. The van der Waals surface area contributed by atoms with Gasteiger partial charge in [-0.15, -0.1) is 0 Å². The summed E-state index contributed by atoms with van der Waals surface area (Å²) in [4.78, 5) is 0. The average molecular weight is 292 g/mol. The van der Waals surface area contributed by atoms with Crippen LogP contribution in [-0.2, 0) is 0 Å². The molecular weight excluding hydrogens is 277 g/mol. The summed E-state index contributed by atoms with van der Waals surface area (Å²) in [6.07, 6.45) is -0.776. The highest BCUT2D eigenvalue weighted by molar-refractivity contribution is 9.10. The number of aliphatic hydroxyl groups excluding tert-OH is 2. The van der Waals surface area contributed by atoms with Gasteiger partial charge in [-0.25, -0.2) is 4.39 Å². The molecule has 0 heterocycles. The first-order chi connectivity index (χ1) is 7.54. The van der Waals surface area contributed by atoms with Crippen molar-refractivity contribution >= 4 is 15.9 Å². The number of benzene rings is 1. The normalized spacial score (nSPS) is 14.8. The molecule has 0 aromatic heterocycles. The summed E-state index contributed by atoms with van der Waals surface area (Å²) in [7, 11) is 0. The molecule has 0 bridgehead atoms. The number of nitrogens with one attached hydrogen (secondary N) is 1. The van der Waals surface area contributed by atoms with Crippen LogP contribution in [0.1, 0.15) is 18.5 Å². The molecule has 1 aromatic rings. The summed E-state index contributed by atoms with van der Waals surface area (Å²) in [6.45, 7) is 1.92. The fourth-order valence-corrected chi connectivity index (χ4v) is 2.03. The van der Waals surface area contributed by atoms with Crippen LogP contribution in [0.25, 0.3) is 0 Å². The number of aliphatic hydroxyl groups is 2. The Hall–Kier alpha value is -0.490. The van der Waals surface area contributed by atoms with Gasteiger partial charge >= 0.3 is 0 Å². The average Bonchev–Trinajstić information content (AvgIpc) is 2.25. The molecule has 90 valence electrons. The molecule has 0 aliphatic carbocycles. The zero-order valence-electron chi connectivity index (χ0n) is 8.95. The summed E-state index contributed by atoms with van der Waals surface area (Å²) in [6, 6.07) is 4.44. The smallest absolute Gasteiger partial charge is 0.124 e. The van der Waals surface area contributed by atoms with E-state index >= 15 is 0 Å². The fraction of sp³-hybridized carbons (Fsp3) is 0.455. The van der Waals surface area contributed by atoms with E-state index in [-0.39, 0.29) is 18.5 Å². The first-order valence-corrected chi connectivity index (χ1v) is 5.81. The zero-order valence-corrected chi connectivity index (χ0v) is 10.5. The minimum atomic E-state index is -0.776.